The predicted molar refractivity (Wildman–Crippen MR) is 45.0 cm³/mol. The lowest BCUT2D eigenvalue weighted by atomic mass is 10.1. The van der Waals surface area contributed by atoms with Crippen LogP contribution in [0.2, 0.25) is 0 Å². The van der Waals surface area contributed by atoms with Gasteiger partial charge in [0.2, 0.25) is 0 Å². The van der Waals surface area contributed by atoms with Gasteiger partial charge in [0, 0.05) is 6.42 Å². The lowest BCUT2D eigenvalue weighted by molar-refractivity contribution is 0.887. The maximum atomic E-state index is 5.17. The first-order valence-electron chi connectivity index (χ1n) is 3.58. The van der Waals surface area contributed by atoms with Crippen molar-refractivity contribution in [3.05, 3.63) is 6.92 Å². The second-order valence-electron chi connectivity index (χ2n) is 2.08. The minimum Gasteiger partial charge on any atom is -0.119 e. The van der Waals surface area contributed by atoms with Crippen LogP contribution in [0.1, 0.15) is 26.2 Å². The van der Waals surface area contributed by atoms with Crippen molar-refractivity contribution in [1.82, 2.24) is 0 Å². The Bertz CT molecular complexity index is 161. The molecule has 0 aromatic heterocycles. The summed E-state index contributed by atoms with van der Waals surface area (Å²) >= 11 is 0. The van der Waals surface area contributed by atoms with Crippen molar-refractivity contribution in [2.75, 3.05) is 0 Å². The Kier molecular flexibility index (Phi) is 5.69. The smallest absolute Gasteiger partial charge is 0.0808 e. The quantitative estimate of drug-likeness (QED) is 0.507. The zero-order valence-corrected chi connectivity index (χ0v) is 6.48. The molecule has 1 radical (unpaired) electrons. The summed E-state index contributed by atoms with van der Waals surface area (Å²) in [5.74, 6) is 8.61. The molecule has 0 fully saturated rings. The van der Waals surface area contributed by atoms with Crippen molar-refractivity contribution in [2.24, 2.45) is 5.92 Å². The Balaban J connectivity index is 3.66. The van der Waals surface area contributed by atoms with Crippen LogP contribution in [0.25, 0.3) is 0 Å². The molecular formula is C10H13. The first-order valence-corrected chi connectivity index (χ1v) is 3.58. The molecule has 0 aliphatic rings. The maximum absolute atomic E-state index is 5.17. The molecule has 10 heavy (non-hydrogen) atoms. The van der Waals surface area contributed by atoms with E-state index in [4.69, 9.17) is 6.42 Å². The van der Waals surface area contributed by atoms with Crippen molar-refractivity contribution in [1.29, 1.82) is 0 Å². The van der Waals surface area contributed by atoms with E-state index in [-0.39, 0.29) is 5.92 Å². The molecule has 0 aromatic carbocycles. The van der Waals surface area contributed by atoms with E-state index in [1.807, 2.05) is 0 Å². The van der Waals surface area contributed by atoms with Gasteiger partial charge in [-0.3, -0.25) is 0 Å². The van der Waals surface area contributed by atoms with E-state index < -0.39 is 0 Å². The first kappa shape index (κ1) is 9.12. The van der Waals surface area contributed by atoms with Gasteiger partial charge < -0.3 is 0 Å². The molecule has 53 valence electrons. The number of terminal acetylenes is 1. The summed E-state index contributed by atoms with van der Waals surface area (Å²) in [5, 5.41) is 0. The van der Waals surface area contributed by atoms with Gasteiger partial charge in [0.25, 0.3) is 0 Å². The predicted octanol–water partition coefficient (Wildman–Crippen LogP) is 2.26. The molecule has 0 aromatic rings. The van der Waals surface area contributed by atoms with Crippen LogP contribution < -0.4 is 0 Å². The lowest BCUT2D eigenvalue weighted by Gasteiger charge is -1.92. The van der Waals surface area contributed by atoms with Crippen LogP contribution in [-0.2, 0) is 0 Å². The molecule has 0 spiro atoms. The van der Waals surface area contributed by atoms with Gasteiger partial charge in [-0.1, -0.05) is 25.7 Å². The van der Waals surface area contributed by atoms with Crippen LogP contribution in [0.3, 0.4) is 0 Å². The van der Waals surface area contributed by atoms with Crippen molar-refractivity contribution in [3.63, 3.8) is 0 Å². The molecule has 0 nitrogen and oxygen atoms in total. The van der Waals surface area contributed by atoms with Gasteiger partial charge in [-0.15, -0.1) is 12.3 Å². The molecule has 0 heteroatoms. The summed E-state index contributed by atoms with van der Waals surface area (Å²) in [5.41, 5.74) is 0. The van der Waals surface area contributed by atoms with Crippen molar-refractivity contribution in [2.45, 2.75) is 26.2 Å². The van der Waals surface area contributed by atoms with E-state index in [9.17, 15) is 0 Å². The van der Waals surface area contributed by atoms with Crippen LogP contribution in [0.5, 0.6) is 0 Å². The highest BCUT2D eigenvalue weighted by Gasteiger charge is 1.91. The summed E-state index contributed by atoms with van der Waals surface area (Å²) in [6.45, 7) is 5.79. The molecule has 1 atom stereocenters. The molecule has 0 aliphatic heterocycles. The third kappa shape index (κ3) is 4.04. The topological polar surface area (TPSA) is 0 Å². The van der Waals surface area contributed by atoms with Gasteiger partial charge in [-0.2, -0.15) is 0 Å². The Labute approximate surface area is 64.0 Å². The molecule has 0 saturated carbocycles. The van der Waals surface area contributed by atoms with Crippen molar-refractivity contribution in [3.8, 4) is 24.2 Å². The highest BCUT2D eigenvalue weighted by molar-refractivity contribution is 5.14. The van der Waals surface area contributed by atoms with E-state index in [1.165, 1.54) is 0 Å². The van der Waals surface area contributed by atoms with Crippen LogP contribution >= 0.6 is 0 Å². The molecule has 0 saturated heterocycles. The van der Waals surface area contributed by atoms with E-state index >= 15 is 0 Å². The third-order valence-electron chi connectivity index (χ3n) is 1.14. The second-order valence-corrected chi connectivity index (χ2v) is 2.08. The SMILES string of the molecule is C#CC(C#CCCC)C[CH2]. The Morgan fingerprint density at radius 1 is 1.60 bits per heavy atom. The van der Waals surface area contributed by atoms with Crippen LogP contribution in [0.4, 0.5) is 0 Å². The number of rotatable bonds is 2. The monoisotopic (exact) mass is 133 g/mol. The number of unbranched alkanes of at least 4 members (excludes halogenated alkanes) is 1. The van der Waals surface area contributed by atoms with E-state index in [2.05, 4.69) is 31.6 Å². The van der Waals surface area contributed by atoms with Gasteiger partial charge in [0.15, 0.2) is 0 Å². The largest absolute Gasteiger partial charge is 0.119 e. The Morgan fingerprint density at radius 2 is 2.30 bits per heavy atom. The molecule has 0 heterocycles. The third-order valence-corrected chi connectivity index (χ3v) is 1.14. The fourth-order valence-corrected chi connectivity index (χ4v) is 0.518. The van der Waals surface area contributed by atoms with Crippen molar-refractivity contribution < 1.29 is 0 Å². The average molecular weight is 133 g/mol. The molecular weight excluding hydrogens is 120 g/mol. The van der Waals surface area contributed by atoms with Gasteiger partial charge in [0.05, 0.1) is 5.92 Å². The lowest BCUT2D eigenvalue weighted by Crippen LogP contribution is -1.88. The normalized spacial score (nSPS) is 10.9. The van der Waals surface area contributed by atoms with Gasteiger partial charge >= 0.3 is 0 Å². The van der Waals surface area contributed by atoms with Gasteiger partial charge in [-0.05, 0) is 12.8 Å². The Morgan fingerprint density at radius 3 is 2.70 bits per heavy atom. The van der Waals surface area contributed by atoms with Crippen LogP contribution in [-0.4, -0.2) is 0 Å². The fraction of sp³-hybridized carbons (Fsp3) is 0.500. The fourth-order valence-electron chi connectivity index (χ4n) is 0.518. The highest BCUT2D eigenvalue weighted by atomic mass is 13.9. The Hall–Kier alpha value is -0.880. The zero-order chi connectivity index (χ0) is 7.82. The summed E-state index contributed by atoms with van der Waals surface area (Å²) in [6, 6.07) is 0. The molecule has 0 amide bonds. The summed E-state index contributed by atoms with van der Waals surface area (Å²) in [4.78, 5) is 0. The molecule has 1 unspecified atom stereocenters. The number of hydrogen-bond acceptors (Lipinski definition) is 0. The molecule has 0 aliphatic carbocycles. The van der Waals surface area contributed by atoms with Crippen molar-refractivity contribution >= 4 is 0 Å². The number of hydrogen-bond donors (Lipinski definition) is 0. The van der Waals surface area contributed by atoms with E-state index in [1.54, 1.807) is 0 Å². The van der Waals surface area contributed by atoms with E-state index in [0.29, 0.717) is 6.42 Å². The van der Waals surface area contributed by atoms with Gasteiger partial charge in [0.1, 0.15) is 0 Å². The second kappa shape index (κ2) is 6.24. The molecule has 0 rings (SSSR count). The molecule has 0 N–H and O–H groups in total. The maximum Gasteiger partial charge on any atom is 0.0808 e. The zero-order valence-electron chi connectivity index (χ0n) is 6.48. The minimum atomic E-state index is 0.0616. The molecule has 0 bridgehead atoms. The average Bonchev–Trinajstić information content (AvgIpc) is 1.99. The summed E-state index contributed by atoms with van der Waals surface area (Å²) < 4.78 is 0. The van der Waals surface area contributed by atoms with Crippen LogP contribution in [0.15, 0.2) is 0 Å². The summed E-state index contributed by atoms with van der Waals surface area (Å²) in [6.07, 6.45) is 7.93. The summed E-state index contributed by atoms with van der Waals surface area (Å²) in [7, 11) is 0. The first-order chi connectivity index (χ1) is 4.85. The minimum absolute atomic E-state index is 0.0616. The standard InChI is InChI=1S/C10H13/c1-4-7-8-9-10(5-2)6-3/h2,10H,3-4,6-7H2,1H3. The van der Waals surface area contributed by atoms with Crippen LogP contribution in [0, 0.1) is 37.0 Å². The van der Waals surface area contributed by atoms with E-state index in [0.717, 1.165) is 12.8 Å². The highest BCUT2D eigenvalue weighted by Crippen LogP contribution is 1.96. The van der Waals surface area contributed by atoms with Gasteiger partial charge in [-0.25, -0.2) is 0 Å².